The second-order valence-corrected chi connectivity index (χ2v) is 5.85. The highest BCUT2D eigenvalue weighted by Gasteiger charge is 2.16. The van der Waals surface area contributed by atoms with Gasteiger partial charge >= 0.3 is 0 Å². The number of nitrogens with one attached hydrogen (secondary N) is 1. The van der Waals surface area contributed by atoms with E-state index >= 15 is 0 Å². The maximum atomic E-state index is 13.8. The molecule has 1 amide bonds. The lowest BCUT2D eigenvalue weighted by Gasteiger charge is -2.22. The molecule has 1 N–H and O–H groups in total. The van der Waals surface area contributed by atoms with Crippen LogP contribution in [-0.4, -0.2) is 24.0 Å². The van der Waals surface area contributed by atoms with E-state index in [-0.39, 0.29) is 10.6 Å². The van der Waals surface area contributed by atoms with Crippen LogP contribution in [0.3, 0.4) is 0 Å². The molecule has 0 radical (unpaired) electrons. The van der Waals surface area contributed by atoms with Crippen molar-refractivity contribution in [3.8, 4) is 0 Å². The Kier molecular flexibility index (Phi) is 6.55. The minimum Gasteiger partial charge on any atom is -0.357 e. The highest BCUT2D eigenvalue weighted by atomic mass is 35.5. The van der Waals surface area contributed by atoms with Gasteiger partial charge in [0, 0.05) is 13.1 Å². The standard InChI is InChI=1S/C18H21ClFN3O/c1-3-10-23(11-4-2)16-9-8-13(12-21-16)22-18(24)17-14(19)6-5-7-15(17)20/h5-9,12H,3-4,10-11H2,1-2H3,(H,22,24). The molecule has 0 atom stereocenters. The maximum Gasteiger partial charge on any atom is 0.260 e. The van der Waals surface area contributed by atoms with Crippen molar-refractivity contribution in [2.75, 3.05) is 23.3 Å². The molecular formula is C18H21ClFN3O. The van der Waals surface area contributed by atoms with Crippen LogP contribution in [-0.2, 0) is 0 Å². The number of pyridine rings is 1. The summed E-state index contributed by atoms with van der Waals surface area (Å²) in [5, 5.41) is 2.70. The van der Waals surface area contributed by atoms with E-state index in [1.54, 1.807) is 12.3 Å². The minimum atomic E-state index is -0.651. The van der Waals surface area contributed by atoms with Crippen molar-refractivity contribution >= 4 is 29.0 Å². The molecule has 0 spiro atoms. The molecule has 128 valence electrons. The van der Waals surface area contributed by atoms with Crippen molar-refractivity contribution in [2.24, 2.45) is 0 Å². The monoisotopic (exact) mass is 349 g/mol. The molecule has 0 saturated carbocycles. The second kappa shape index (κ2) is 8.64. The molecule has 1 aromatic carbocycles. The summed E-state index contributed by atoms with van der Waals surface area (Å²) in [5.41, 5.74) is 0.331. The van der Waals surface area contributed by atoms with E-state index in [0.29, 0.717) is 5.69 Å². The largest absolute Gasteiger partial charge is 0.357 e. The van der Waals surface area contributed by atoms with Crippen molar-refractivity contribution in [3.63, 3.8) is 0 Å². The molecule has 2 rings (SSSR count). The highest BCUT2D eigenvalue weighted by molar-refractivity contribution is 6.34. The van der Waals surface area contributed by atoms with Crippen molar-refractivity contribution in [3.05, 3.63) is 52.9 Å². The van der Waals surface area contributed by atoms with Gasteiger partial charge < -0.3 is 10.2 Å². The molecule has 4 nitrogen and oxygen atoms in total. The van der Waals surface area contributed by atoms with Crippen LogP contribution >= 0.6 is 11.6 Å². The fourth-order valence-electron chi connectivity index (χ4n) is 2.44. The predicted molar refractivity (Wildman–Crippen MR) is 96.4 cm³/mol. The Labute approximate surface area is 146 Å². The van der Waals surface area contributed by atoms with Gasteiger partial charge in [-0.15, -0.1) is 0 Å². The van der Waals surface area contributed by atoms with Gasteiger partial charge in [-0.1, -0.05) is 31.5 Å². The molecule has 6 heteroatoms. The minimum absolute atomic E-state index is 0.0779. The first-order chi connectivity index (χ1) is 11.6. The van der Waals surface area contributed by atoms with Crippen LogP contribution in [0.15, 0.2) is 36.5 Å². The van der Waals surface area contributed by atoms with E-state index in [1.807, 2.05) is 6.07 Å². The summed E-state index contributed by atoms with van der Waals surface area (Å²) < 4.78 is 13.8. The zero-order valence-electron chi connectivity index (χ0n) is 13.9. The molecule has 0 aliphatic carbocycles. The van der Waals surface area contributed by atoms with Gasteiger partial charge in [0.15, 0.2) is 0 Å². The molecule has 0 saturated heterocycles. The molecule has 0 fully saturated rings. The topological polar surface area (TPSA) is 45.2 Å². The van der Waals surface area contributed by atoms with E-state index in [0.717, 1.165) is 31.7 Å². The molecule has 0 aliphatic rings. The van der Waals surface area contributed by atoms with Crippen molar-refractivity contribution in [2.45, 2.75) is 26.7 Å². The van der Waals surface area contributed by atoms with Crippen LogP contribution in [0.2, 0.25) is 5.02 Å². The molecule has 1 aromatic heterocycles. The number of aromatic nitrogens is 1. The number of amides is 1. The lowest BCUT2D eigenvalue weighted by atomic mass is 10.2. The third-order valence-corrected chi connectivity index (χ3v) is 3.82. The summed E-state index contributed by atoms with van der Waals surface area (Å²) in [5.74, 6) is -0.381. The normalized spacial score (nSPS) is 10.5. The van der Waals surface area contributed by atoms with Gasteiger partial charge in [-0.25, -0.2) is 9.37 Å². The van der Waals surface area contributed by atoms with Crippen LogP contribution in [0, 0.1) is 5.82 Å². The van der Waals surface area contributed by atoms with Crippen LogP contribution in [0.5, 0.6) is 0 Å². The molecule has 0 aliphatic heterocycles. The number of hydrogen-bond acceptors (Lipinski definition) is 3. The van der Waals surface area contributed by atoms with E-state index < -0.39 is 11.7 Å². The summed E-state index contributed by atoms with van der Waals surface area (Å²) >= 11 is 5.90. The van der Waals surface area contributed by atoms with Gasteiger partial charge in [-0.2, -0.15) is 0 Å². The number of carbonyl (C=O) groups is 1. The lowest BCUT2D eigenvalue weighted by Crippen LogP contribution is -2.25. The Morgan fingerprint density at radius 3 is 2.46 bits per heavy atom. The lowest BCUT2D eigenvalue weighted by molar-refractivity contribution is 0.102. The fraction of sp³-hybridized carbons (Fsp3) is 0.333. The molecule has 2 aromatic rings. The Hall–Kier alpha value is -2.14. The van der Waals surface area contributed by atoms with E-state index in [9.17, 15) is 9.18 Å². The fourth-order valence-corrected chi connectivity index (χ4v) is 2.68. The molecular weight excluding hydrogens is 329 g/mol. The Morgan fingerprint density at radius 2 is 1.92 bits per heavy atom. The smallest absolute Gasteiger partial charge is 0.260 e. The van der Waals surface area contributed by atoms with Crippen LogP contribution in [0.4, 0.5) is 15.9 Å². The Morgan fingerprint density at radius 1 is 1.21 bits per heavy atom. The predicted octanol–water partition coefficient (Wildman–Crippen LogP) is 4.75. The first kappa shape index (κ1) is 18.2. The Bertz CT molecular complexity index is 665. The van der Waals surface area contributed by atoms with E-state index in [4.69, 9.17) is 11.6 Å². The first-order valence-corrected chi connectivity index (χ1v) is 8.41. The third-order valence-electron chi connectivity index (χ3n) is 3.51. The Balaban J connectivity index is 2.12. The zero-order chi connectivity index (χ0) is 17.5. The van der Waals surface area contributed by atoms with E-state index in [1.165, 1.54) is 18.2 Å². The van der Waals surface area contributed by atoms with Crippen molar-refractivity contribution < 1.29 is 9.18 Å². The molecule has 1 heterocycles. The molecule has 24 heavy (non-hydrogen) atoms. The number of carbonyl (C=O) groups excluding carboxylic acids is 1. The van der Waals surface area contributed by atoms with Gasteiger partial charge in [0.1, 0.15) is 11.6 Å². The number of hydrogen-bond donors (Lipinski definition) is 1. The molecule has 0 bridgehead atoms. The number of benzene rings is 1. The summed E-state index contributed by atoms with van der Waals surface area (Å²) in [7, 11) is 0. The zero-order valence-corrected chi connectivity index (χ0v) is 14.6. The summed E-state index contributed by atoms with van der Waals surface area (Å²) in [4.78, 5) is 18.8. The van der Waals surface area contributed by atoms with Gasteiger partial charge in [-0.3, -0.25) is 4.79 Å². The quantitative estimate of drug-likeness (QED) is 0.784. The van der Waals surface area contributed by atoms with Gasteiger partial charge in [0.05, 0.1) is 22.5 Å². The van der Waals surface area contributed by atoms with Crippen molar-refractivity contribution in [1.29, 1.82) is 0 Å². The van der Waals surface area contributed by atoms with Crippen LogP contribution in [0.25, 0.3) is 0 Å². The van der Waals surface area contributed by atoms with Gasteiger partial charge in [0.25, 0.3) is 5.91 Å². The average Bonchev–Trinajstić information content (AvgIpc) is 2.55. The van der Waals surface area contributed by atoms with E-state index in [2.05, 4.69) is 29.0 Å². The summed E-state index contributed by atoms with van der Waals surface area (Å²) in [6.07, 6.45) is 3.64. The van der Waals surface area contributed by atoms with Crippen molar-refractivity contribution in [1.82, 2.24) is 4.98 Å². The average molecular weight is 350 g/mol. The number of anilines is 2. The number of halogens is 2. The number of rotatable bonds is 7. The highest BCUT2D eigenvalue weighted by Crippen LogP contribution is 2.21. The van der Waals surface area contributed by atoms with Gasteiger partial charge in [-0.05, 0) is 37.1 Å². The van der Waals surface area contributed by atoms with Crippen LogP contribution in [0.1, 0.15) is 37.0 Å². The maximum absolute atomic E-state index is 13.8. The second-order valence-electron chi connectivity index (χ2n) is 5.44. The van der Waals surface area contributed by atoms with Crippen LogP contribution < -0.4 is 10.2 Å². The summed E-state index contributed by atoms with van der Waals surface area (Å²) in [6, 6.07) is 7.75. The summed E-state index contributed by atoms with van der Waals surface area (Å²) in [6.45, 7) is 6.10. The van der Waals surface area contributed by atoms with Gasteiger partial charge in [0.2, 0.25) is 0 Å². The SMILES string of the molecule is CCCN(CCC)c1ccc(NC(=O)c2c(F)cccc2Cl)cn1. The molecule has 0 unspecified atom stereocenters. The number of nitrogens with zero attached hydrogens (tertiary/aromatic N) is 2. The third kappa shape index (κ3) is 4.45. The first-order valence-electron chi connectivity index (χ1n) is 8.03.